The summed E-state index contributed by atoms with van der Waals surface area (Å²) in [6.45, 7) is 1.21. The van der Waals surface area contributed by atoms with Crippen LogP contribution in [0.1, 0.15) is 6.42 Å². The SMILES string of the molecule is Clc1cc2[nH]c(O[C@@H]3CO[C@@H]4CCO[C@@H]43)nc2nc1-c1cccnc1. The number of ether oxygens (including phenoxy) is 3. The molecule has 0 spiro atoms. The number of rotatable bonds is 3. The fraction of sp³-hybridized carbons (Fsp3) is 0.353. The molecular weight excluding hydrogens is 344 g/mol. The second-order valence-electron chi connectivity index (χ2n) is 6.13. The van der Waals surface area contributed by atoms with Gasteiger partial charge in [0.25, 0.3) is 6.01 Å². The van der Waals surface area contributed by atoms with Crippen LogP contribution in [0, 0.1) is 0 Å². The van der Waals surface area contributed by atoms with Crippen molar-refractivity contribution in [3.63, 3.8) is 0 Å². The Morgan fingerprint density at radius 1 is 1.28 bits per heavy atom. The van der Waals surface area contributed by atoms with Crippen molar-refractivity contribution in [2.45, 2.75) is 24.7 Å². The van der Waals surface area contributed by atoms with Crippen molar-refractivity contribution < 1.29 is 14.2 Å². The summed E-state index contributed by atoms with van der Waals surface area (Å²) < 4.78 is 17.3. The van der Waals surface area contributed by atoms with E-state index in [4.69, 9.17) is 25.8 Å². The summed E-state index contributed by atoms with van der Waals surface area (Å²) in [4.78, 5) is 16.2. The van der Waals surface area contributed by atoms with E-state index in [1.165, 1.54) is 0 Å². The first kappa shape index (κ1) is 15.1. The van der Waals surface area contributed by atoms with Gasteiger partial charge in [-0.1, -0.05) is 11.6 Å². The highest BCUT2D eigenvalue weighted by Gasteiger charge is 2.43. The molecule has 0 aliphatic carbocycles. The lowest BCUT2D eigenvalue weighted by Gasteiger charge is -2.15. The molecule has 0 saturated carbocycles. The first-order chi connectivity index (χ1) is 12.3. The Kier molecular flexibility index (Phi) is 3.58. The first-order valence-corrected chi connectivity index (χ1v) is 8.52. The summed E-state index contributed by atoms with van der Waals surface area (Å²) in [6, 6.07) is 5.94. The van der Waals surface area contributed by atoms with Gasteiger partial charge in [0.2, 0.25) is 0 Å². The minimum Gasteiger partial charge on any atom is -0.456 e. The number of aromatic nitrogens is 4. The van der Waals surface area contributed by atoms with E-state index in [1.54, 1.807) is 18.5 Å². The van der Waals surface area contributed by atoms with Gasteiger partial charge in [0.15, 0.2) is 11.8 Å². The van der Waals surface area contributed by atoms with Crippen molar-refractivity contribution in [2.75, 3.05) is 13.2 Å². The van der Waals surface area contributed by atoms with Crippen molar-refractivity contribution in [3.8, 4) is 17.3 Å². The van der Waals surface area contributed by atoms with Crippen LogP contribution in [-0.2, 0) is 9.47 Å². The maximum Gasteiger partial charge on any atom is 0.296 e. The van der Waals surface area contributed by atoms with Crippen LogP contribution in [0.5, 0.6) is 6.01 Å². The lowest BCUT2D eigenvalue weighted by Crippen LogP contribution is -2.32. The molecule has 2 fully saturated rings. The third-order valence-corrected chi connectivity index (χ3v) is 4.81. The molecule has 25 heavy (non-hydrogen) atoms. The predicted octanol–water partition coefficient (Wildman–Crippen LogP) is 2.61. The summed E-state index contributed by atoms with van der Waals surface area (Å²) in [5.41, 5.74) is 2.74. The normalized spacial score (nSPS) is 25.4. The molecule has 0 unspecified atom stereocenters. The highest BCUT2D eigenvalue weighted by molar-refractivity contribution is 6.33. The van der Waals surface area contributed by atoms with Crippen molar-refractivity contribution >= 4 is 22.8 Å². The van der Waals surface area contributed by atoms with Crippen LogP contribution in [0.3, 0.4) is 0 Å². The van der Waals surface area contributed by atoms with E-state index in [9.17, 15) is 0 Å². The molecule has 3 aromatic rings. The summed E-state index contributed by atoms with van der Waals surface area (Å²) >= 11 is 6.37. The average molecular weight is 359 g/mol. The quantitative estimate of drug-likeness (QED) is 0.775. The summed E-state index contributed by atoms with van der Waals surface area (Å²) in [6.07, 6.45) is 4.27. The summed E-state index contributed by atoms with van der Waals surface area (Å²) in [7, 11) is 0. The first-order valence-electron chi connectivity index (χ1n) is 8.14. The highest BCUT2D eigenvalue weighted by atomic mass is 35.5. The molecule has 0 bridgehead atoms. The van der Waals surface area contributed by atoms with Gasteiger partial charge in [-0.2, -0.15) is 4.98 Å². The molecule has 1 N–H and O–H groups in total. The van der Waals surface area contributed by atoms with Crippen LogP contribution in [-0.4, -0.2) is 51.5 Å². The van der Waals surface area contributed by atoms with Crippen molar-refractivity contribution in [1.29, 1.82) is 0 Å². The Morgan fingerprint density at radius 2 is 2.24 bits per heavy atom. The minimum absolute atomic E-state index is 0.0317. The zero-order valence-corrected chi connectivity index (χ0v) is 13.9. The van der Waals surface area contributed by atoms with Gasteiger partial charge in [0.05, 0.1) is 28.9 Å². The summed E-state index contributed by atoms with van der Waals surface area (Å²) in [5, 5.41) is 0.527. The number of nitrogens with one attached hydrogen (secondary N) is 1. The molecule has 2 aliphatic rings. The molecular formula is C17H15ClN4O3. The number of imidazole rings is 1. The number of nitrogens with zero attached hydrogens (tertiary/aromatic N) is 3. The van der Waals surface area contributed by atoms with E-state index >= 15 is 0 Å². The predicted molar refractivity (Wildman–Crippen MR) is 90.6 cm³/mol. The zero-order chi connectivity index (χ0) is 16.8. The van der Waals surface area contributed by atoms with Gasteiger partial charge in [-0.25, -0.2) is 4.98 Å². The van der Waals surface area contributed by atoms with E-state index in [0.29, 0.717) is 35.6 Å². The minimum atomic E-state index is -0.165. The third kappa shape index (κ3) is 2.64. The van der Waals surface area contributed by atoms with Crippen molar-refractivity contribution in [2.24, 2.45) is 0 Å². The Morgan fingerprint density at radius 3 is 3.12 bits per heavy atom. The van der Waals surface area contributed by atoms with Crippen molar-refractivity contribution in [1.82, 2.24) is 19.9 Å². The van der Waals surface area contributed by atoms with Gasteiger partial charge in [-0.3, -0.25) is 4.98 Å². The molecule has 0 aromatic carbocycles. The molecule has 0 radical (unpaired) electrons. The fourth-order valence-electron chi connectivity index (χ4n) is 3.33. The van der Waals surface area contributed by atoms with Crippen LogP contribution in [0.4, 0.5) is 0 Å². The number of H-pyrrole nitrogens is 1. The molecule has 5 heterocycles. The Balaban J connectivity index is 1.46. The van der Waals surface area contributed by atoms with Gasteiger partial charge >= 0.3 is 0 Å². The van der Waals surface area contributed by atoms with Crippen molar-refractivity contribution in [3.05, 3.63) is 35.6 Å². The second-order valence-corrected chi connectivity index (χ2v) is 6.53. The highest BCUT2D eigenvalue weighted by Crippen LogP contribution is 2.31. The monoisotopic (exact) mass is 358 g/mol. The Labute approximate surface area is 148 Å². The molecule has 3 aromatic heterocycles. The molecule has 128 valence electrons. The van der Waals surface area contributed by atoms with E-state index < -0.39 is 0 Å². The van der Waals surface area contributed by atoms with Crippen LogP contribution in [0.15, 0.2) is 30.6 Å². The fourth-order valence-corrected chi connectivity index (χ4v) is 3.59. The number of halogens is 1. The summed E-state index contributed by atoms with van der Waals surface area (Å²) in [5.74, 6) is 0. The topological polar surface area (TPSA) is 82.2 Å². The second kappa shape index (κ2) is 5.94. The molecule has 0 amide bonds. The number of hydrogen-bond donors (Lipinski definition) is 1. The van der Waals surface area contributed by atoms with E-state index in [0.717, 1.165) is 17.5 Å². The molecule has 2 aliphatic heterocycles. The van der Waals surface area contributed by atoms with Crippen LogP contribution >= 0.6 is 11.6 Å². The Bertz CT molecular complexity index is 917. The maximum absolute atomic E-state index is 6.37. The van der Waals surface area contributed by atoms with Gasteiger partial charge in [-0.15, -0.1) is 0 Å². The molecule has 3 atom stereocenters. The lowest BCUT2D eigenvalue weighted by atomic mass is 10.1. The maximum atomic E-state index is 6.37. The number of fused-ring (bicyclic) bond motifs is 2. The van der Waals surface area contributed by atoms with E-state index in [-0.39, 0.29) is 18.3 Å². The zero-order valence-electron chi connectivity index (χ0n) is 13.2. The van der Waals surface area contributed by atoms with Crippen LogP contribution in [0.2, 0.25) is 5.02 Å². The largest absolute Gasteiger partial charge is 0.456 e. The average Bonchev–Trinajstić information content (AvgIpc) is 3.32. The third-order valence-electron chi connectivity index (χ3n) is 4.52. The lowest BCUT2D eigenvalue weighted by molar-refractivity contribution is 0.0273. The van der Waals surface area contributed by atoms with Crippen LogP contribution < -0.4 is 4.74 Å². The van der Waals surface area contributed by atoms with E-state index in [1.807, 2.05) is 12.1 Å². The molecule has 7 nitrogen and oxygen atoms in total. The number of pyridine rings is 2. The molecule has 2 saturated heterocycles. The van der Waals surface area contributed by atoms with Gasteiger partial charge in [0.1, 0.15) is 6.10 Å². The van der Waals surface area contributed by atoms with Gasteiger partial charge in [-0.05, 0) is 24.6 Å². The standard InChI is InChI=1S/C17H15ClN4O3/c18-10-6-11-16(21-14(10)9-2-1-4-19-7-9)22-17(20-11)25-13-8-24-12-3-5-23-15(12)13/h1-2,4,6-7,12-13,15H,3,5,8H2,(H,20,21,22)/t12-,13-,15+/m1/s1. The smallest absolute Gasteiger partial charge is 0.296 e. The number of aromatic amines is 1. The van der Waals surface area contributed by atoms with Crippen LogP contribution in [0.25, 0.3) is 22.4 Å². The Hall–Kier alpha value is -2.22. The number of hydrogen-bond acceptors (Lipinski definition) is 6. The molecule has 8 heteroatoms. The van der Waals surface area contributed by atoms with Gasteiger partial charge in [0, 0.05) is 24.6 Å². The van der Waals surface area contributed by atoms with E-state index in [2.05, 4.69) is 19.9 Å². The van der Waals surface area contributed by atoms with Gasteiger partial charge < -0.3 is 19.2 Å². The molecule has 5 rings (SSSR count).